The fourth-order valence-corrected chi connectivity index (χ4v) is 3.87. The van der Waals surface area contributed by atoms with E-state index < -0.39 is 10.0 Å². The van der Waals surface area contributed by atoms with Crippen LogP contribution < -0.4 is 9.46 Å². The number of nitriles is 1. The molecular formula is C21H23N3O4S. The van der Waals surface area contributed by atoms with Crippen LogP contribution in [0.5, 0.6) is 5.75 Å². The van der Waals surface area contributed by atoms with Crippen molar-refractivity contribution < 1.29 is 17.9 Å². The summed E-state index contributed by atoms with van der Waals surface area (Å²) < 4.78 is 38.8. The van der Waals surface area contributed by atoms with Gasteiger partial charge in [0.25, 0.3) is 0 Å². The van der Waals surface area contributed by atoms with E-state index in [0.717, 1.165) is 22.2 Å². The molecule has 2 aromatic carbocycles. The number of hydrogen-bond donors (Lipinski definition) is 1. The molecule has 0 fully saturated rings. The molecule has 3 rings (SSSR count). The van der Waals surface area contributed by atoms with E-state index in [1.165, 1.54) is 0 Å². The fraction of sp³-hybridized carbons (Fsp3) is 0.286. The minimum Gasteiger partial charge on any atom is -0.497 e. The molecule has 29 heavy (non-hydrogen) atoms. The Kier molecular flexibility index (Phi) is 6.11. The highest BCUT2D eigenvalue weighted by Crippen LogP contribution is 2.35. The smallest absolute Gasteiger partial charge is 0.232 e. The van der Waals surface area contributed by atoms with Gasteiger partial charge in [-0.15, -0.1) is 0 Å². The minimum atomic E-state index is -3.35. The van der Waals surface area contributed by atoms with E-state index in [2.05, 4.69) is 10.8 Å². The summed E-state index contributed by atoms with van der Waals surface area (Å²) in [7, 11) is -0.116. The van der Waals surface area contributed by atoms with E-state index in [4.69, 9.17) is 9.47 Å². The lowest BCUT2D eigenvalue weighted by molar-refractivity contribution is 0.189. The Morgan fingerprint density at radius 1 is 1.14 bits per heavy atom. The van der Waals surface area contributed by atoms with E-state index >= 15 is 0 Å². The molecule has 1 aromatic heterocycles. The van der Waals surface area contributed by atoms with Crippen LogP contribution >= 0.6 is 0 Å². The molecule has 0 unspecified atom stereocenters. The molecule has 0 aliphatic heterocycles. The maximum Gasteiger partial charge on any atom is 0.232 e. The van der Waals surface area contributed by atoms with E-state index in [9.17, 15) is 13.7 Å². The van der Waals surface area contributed by atoms with Crippen LogP contribution in [-0.4, -0.2) is 39.6 Å². The highest BCUT2D eigenvalue weighted by atomic mass is 32.2. The zero-order valence-electron chi connectivity index (χ0n) is 16.6. The topological polar surface area (TPSA) is 93.4 Å². The summed E-state index contributed by atoms with van der Waals surface area (Å²) in [5.74, 6) is 0.703. The van der Waals surface area contributed by atoms with Crippen LogP contribution in [0.15, 0.2) is 42.5 Å². The second kappa shape index (κ2) is 8.55. The summed E-state index contributed by atoms with van der Waals surface area (Å²) in [6.45, 7) is 2.62. The maximum absolute atomic E-state index is 11.8. The van der Waals surface area contributed by atoms with E-state index in [1.54, 1.807) is 33.3 Å². The molecule has 0 saturated heterocycles. The molecule has 1 N–H and O–H groups in total. The van der Waals surface area contributed by atoms with E-state index in [1.807, 2.05) is 34.9 Å². The van der Waals surface area contributed by atoms with Crippen molar-refractivity contribution in [1.82, 2.24) is 4.57 Å². The molecule has 3 aromatic rings. The Labute approximate surface area is 170 Å². The number of hydrogen-bond acceptors (Lipinski definition) is 5. The van der Waals surface area contributed by atoms with Crippen LogP contribution in [0.2, 0.25) is 0 Å². The fourth-order valence-electron chi connectivity index (χ4n) is 3.23. The Morgan fingerprint density at radius 3 is 2.45 bits per heavy atom. The number of ether oxygens (including phenoxy) is 2. The number of fused-ring (bicyclic) bond motifs is 1. The van der Waals surface area contributed by atoms with Crippen LogP contribution in [0.4, 0.5) is 5.69 Å². The predicted molar refractivity (Wildman–Crippen MR) is 114 cm³/mol. The molecular weight excluding hydrogens is 390 g/mol. The number of methoxy groups -OCH3 is 2. The van der Waals surface area contributed by atoms with Gasteiger partial charge in [-0.3, -0.25) is 4.72 Å². The second-order valence-electron chi connectivity index (χ2n) is 6.45. The molecule has 0 amide bonds. The third-order valence-corrected chi connectivity index (χ3v) is 6.02. The second-order valence-corrected chi connectivity index (χ2v) is 8.46. The van der Waals surface area contributed by atoms with Gasteiger partial charge in [-0.2, -0.15) is 5.26 Å². The van der Waals surface area contributed by atoms with Gasteiger partial charge in [-0.25, -0.2) is 8.42 Å². The van der Waals surface area contributed by atoms with Crippen LogP contribution in [0.25, 0.3) is 22.2 Å². The van der Waals surface area contributed by atoms with Crippen molar-refractivity contribution in [3.8, 4) is 23.1 Å². The predicted octanol–water partition coefficient (Wildman–Crippen LogP) is 3.60. The summed E-state index contributed by atoms with van der Waals surface area (Å²) >= 11 is 0. The van der Waals surface area contributed by atoms with Crippen molar-refractivity contribution >= 4 is 26.6 Å². The van der Waals surface area contributed by atoms with Gasteiger partial charge >= 0.3 is 0 Å². The number of nitrogens with one attached hydrogen (secondary N) is 1. The number of sulfonamides is 1. The highest BCUT2D eigenvalue weighted by molar-refractivity contribution is 7.92. The Bertz CT molecular complexity index is 1160. The first kappa shape index (κ1) is 20.7. The van der Waals surface area contributed by atoms with Gasteiger partial charge < -0.3 is 14.0 Å². The van der Waals surface area contributed by atoms with Gasteiger partial charge in [0.1, 0.15) is 11.8 Å². The lowest BCUT2D eigenvalue weighted by Crippen LogP contribution is -2.14. The molecule has 0 spiro atoms. The minimum absolute atomic E-state index is 0.000419. The number of anilines is 1. The molecule has 7 nitrogen and oxygen atoms in total. The normalized spacial score (nSPS) is 11.4. The van der Waals surface area contributed by atoms with Crippen LogP contribution in [0.1, 0.15) is 12.5 Å². The van der Waals surface area contributed by atoms with Gasteiger partial charge in [-0.1, -0.05) is 12.1 Å². The molecule has 0 aliphatic rings. The van der Waals surface area contributed by atoms with Crippen molar-refractivity contribution in [2.45, 2.75) is 13.5 Å². The van der Waals surface area contributed by atoms with E-state index in [-0.39, 0.29) is 5.75 Å². The summed E-state index contributed by atoms with van der Waals surface area (Å²) in [6, 6.07) is 14.9. The molecule has 0 aliphatic carbocycles. The molecule has 152 valence electrons. The molecule has 0 atom stereocenters. The zero-order chi connectivity index (χ0) is 21.0. The van der Waals surface area contributed by atoms with Crippen molar-refractivity contribution in [2.24, 2.45) is 0 Å². The summed E-state index contributed by atoms with van der Waals surface area (Å²) in [6.07, 6.45) is 0. The van der Waals surface area contributed by atoms with Crippen molar-refractivity contribution in [2.75, 3.05) is 31.3 Å². The summed E-state index contributed by atoms with van der Waals surface area (Å²) in [4.78, 5) is 0. The highest BCUT2D eigenvalue weighted by Gasteiger charge is 2.19. The Morgan fingerprint density at radius 2 is 1.86 bits per heavy atom. The quantitative estimate of drug-likeness (QED) is 0.609. The summed E-state index contributed by atoms with van der Waals surface area (Å²) in [5.41, 5.74) is 3.49. The van der Waals surface area contributed by atoms with Crippen molar-refractivity contribution in [1.29, 1.82) is 5.26 Å². The molecule has 0 saturated carbocycles. The monoisotopic (exact) mass is 413 g/mol. The number of benzene rings is 2. The van der Waals surface area contributed by atoms with Gasteiger partial charge in [0.05, 0.1) is 36.2 Å². The maximum atomic E-state index is 11.8. The van der Waals surface area contributed by atoms with Gasteiger partial charge in [-0.05, 0) is 36.8 Å². The molecule has 0 radical (unpaired) electrons. The van der Waals surface area contributed by atoms with Gasteiger partial charge in [0.15, 0.2) is 0 Å². The Balaban J connectivity index is 2.16. The first-order valence-electron chi connectivity index (χ1n) is 9.14. The standard InChI is InChI=1S/C21H23N3O4S/c1-4-29(25,26)23-16-7-5-15(6-8-16)21-19(14-22)18-10-9-17(28-3)13-20(18)24(21)11-12-27-2/h5-10,13,23H,4,11-12H2,1-3H3. The van der Waals surface area contributed by atoms with Crippen LogP contribution in [-0.2, 0) is 21.3 Å². The van der Waals surface area contributed by atoms with Crippen molar-refractivity contribution in [3.63, 3.8) is 0 Å². The summed E-state index contributed by atoms with van der Waals surface area (Å²) in [5, 5.41) is 10.7. The first-order chi connectivity index (χ1) is 13.9. The van der Waals surface area contributed by atoms with Crippen molar-refractivity contribution in [3.05, 3.63) is 48.0 Å². The number of aromatic nitrogens is 1. The lowest BCUT2D eigenvalue weighted by atomic mass is 10.1. The number of rotatable bonds is 8. The zero-order valence-corrected chi connectivity index (χ0v) is 17.4. The molecule has 8 heteroatoms. The molecule has 1 heterocycles. The third-order valence-electron chi connectivity index (χ3n) is 4.71. The average Bonchev–Trinajstić information content (AvgIpc) is 3.05. The largest absolute Gasteiger partial charge is 0.497 e. The average molecular weight is 413 g/mol. The Hall–Kier alpha value is -3.02. The molecule has 0 bridgehead atoms. The third kappa shape index (κ3) is 4.21. The lowest BCUT2D eigenvalue weighted by Gasteiger charge is -2.12. The van der Waals surface area contributed by atoms with Crippen LogP contribution in [0.3, 0.4) is 0 Å². The SMILES string of the molecule is CCS(=O)(=O)Nc1ccc(-c2c(C#N)c3ccc(OC)cc3n2CCOC)cc1. The van der Waals surface area contributed by atoms with Gasteiger partial charge in [0, 0.05) is 30.8 Å². The van der Waals surface area contributed by atoms with E-state index in [0.29, 0.717) is 30.2 Å². The van der Waals surface area contributed by atoms with Crippen LogP contribution in [0, 0.1) is 11.3 Å². The van der Waals surface area contributed by atoms with Gasteiger partial charge in [0.2, 0.25) is 10.0 Å². The number of nitrogens with zero attached hydrogens (tertiary/aromatic N) is 2. The first-order valence-corrected chi connectivity index (χ1v) is 10.8.